The van der Waals surface area contributed by atoms with Crippen molar-refractivity contribution in [2.45, 2.75) is 46.4 Å². The number of benzene rings is 2. The zero-order valence-electron chi connectivity index (χ0n) is 16.2. The molecule has 1 heterocycles. The van der Waals surface area contributed by atoms with Crippen LogP contribution >= 0.6 is 0 Å². The molecular weight excluding hydrogens is 320 g/mol. The van der Waals surface area contributed by atoms with Crippen molar-refractivity contribution in [2.75, 3.05) is 13.2 Å². The largest absolute Gasteiger partial charge is 0.379 e. The minimum absolute atomic E-state index is 0.315. The quantitative estimate of drug-likeness (QED) is 0.555. The van der Waals surface area contributed by atoms with Gasteiger partial charge in [-0.3, -0.25) is 0 Å². The second kappa shape index (κ2) is 9.02. The normalized spacial score (nSPS) is 11.5. The molecule has 0 saturated heterocycles. The Labute approximate surface area is 157 Å². The molecule has 26 heavy (non-hydrogen) atoms. The van der Waals surface area contributed by atoms with E-state index in [2.05, 4.69) is 85.4 Å². The van der Waals surface area contributed by atoms with Gasteiger partial charge >= 0.3 is 0 Å². The predicted molar refractivity (Wildman–Crippen MR) is 110 cm³/mol. The highest BCUT2D eigenvalue weighted by molar-refractivity contribution is 5.84. The molecule has 2 aromatic carbocycles. The Morgan fingerprint density at radius 2 is 1.81 bits per heavy atom. The fourth-order valence-corrected chi connectivity index (χ4v) is 3.22. The second-order valence-corrected chi connectivity index (χ2v) is 7.23. The van der Waals surface area contributed by atoms with Gasteiger partial charge in [0.1, 0.15) is 0 Å². The lowest BCUT2D eigenvalue weighted by Crippen LogP contribution is -2.17. The van der Waals surface area contributed by atoms with E-state index in [0.29, 0.717) is 6.10 Å². The standard InChI is InChI=1S/C23H30N2O/c1-18(2)26-14-6-13-24-15-21-17-25(23-8-5-4-7-22(21)23)16-20-11-9-19(3)10-12-20/h4-5,7-12,17-18,24H,6,13-16H2,1-3H3. The molecular formula is C23H30N2O. The minimum Gasteiger partial charge on any atom is -0.379 e. The number of para-hydroxylation sites is 1. The van der Waals surface area contributed by atoms with Gasteiger partial charge in [-0.15, -0.1) is 0 Å². The number of ether oxygens (including phenoxy) is 1. The number of aromatic nitrogens is 1. The summed E-state index contributed by atoms with van der Waals surface area (Å²) in [5, 5.41) is 4.90. The molecule has 0 bridgehead atoms. The monoisotopic (exact) mass is 350 g/mol. The molecule has 0 unspecified atom stereocenters. The van der Waals surface area contributed by atoms with Gasteiger partial charge in [-0.1, -0.05) is 48.0 Å². The van der Waals surface area contributed by atoms with Crippen LogP contribution < -0.4 is 5.32 Å². The Bertz CT molecular complexity index is 818. The van der Waals surface area contributed by atoms with Crippen LogP contribution in [0.2, 0.25) is 0 Å². The van der Waals surface area contributed by atoms with Gasteiger partial charge in [0.15, 0.2) is 0 Å². The molecule has 3 aromatic rings. The molecule has 1 aromatic heterocycles. The molecule has 0 radical (unpaired) electrons. The molecule has 1 N–H and O–H groups in total. The number of hydrogen-bond donors (Lipinski definition) is 1. The van der Waals surface area contributed by atoms with E-state index in [-0.39, 0.29) is 0 Å². The lowest BCUT2D eigenvalue weighted by Gasteiger charge is -2.08. The zero-order valence-corrected chi connectivity index (χ0v) is 16.2. The van der Waals surface area contributed by atoms with E-state index in [1.54, 1.807) is 0 Å². The Kier molecular flexibility index (Phi) is 6.48. The van der Waals surface area contributed by atoms with Crippen LogP contribution in [0.25, 0.3) is 10.9 Å². The van der Waals surface area contributed by atoms with Crippen LogP contribution in [0.4, 0.5) is 0 Å². The smallest absolute Gasteiger partial charge is 0.0518 e. The lowest BCUT2D eigenvalue weighted by atomic mass is 10.1. The highest BCUT2D eigenvalue weighted by atomic mass is 16.5. The van der Waals surface area contributed by atoms with Crippen LogP contribution in [-0.2, 0) is 17.8 Å². The fourth-order valence-electron chi connectivity index (χ4n) is 3.22. The summed E-state index contributed by atoms with van der Waals surface area (Å²) in [5.74, 6) is 0. The van der Waals surface area contributed by atoms with Gasteiger partial charge in [-0.05, 0) is 50.9 Å². The molecule has 0 atom stereocenters. The van der Waals surface area contributed by atoms with Crippen LogP contribution in [-0.4, -0.2) is 23.8 Å². The Hall–Kier alpha value is -2.10. The van der Waals surface area contributed by atoms with Gasteiger partial charge in [-0.25, -0.2) is 0 Å². The van der Waals surface area contributed by atoms with Gasteiger partial charge in [0.25, 0.3) is 0 Å². The van der Waals surface area contributed by atoms with Crippen molar-refractivity contribution in [3.05, 3.63) is 71.4 Å². The van der Waals surface area contributed by atoms with Gasteiger partial charge in [0, 0.05) is 36.8 Å². The maximum absolute atomic E-state index is 5.60. The lowest BCUT2D eigenvalue weighted by molar-refractivity contribution is 0.0770. The Balaban J connectivity index is 1.66. The third-order valence-electron chi connectivity index (χ3n) is 4.61. The number of hydrogen-bond acceptors (Lipinski definition) is 2. The first kappa shape index (κ1) is 18.7. The molecule has 0 fully saturated rings. The fraction of sp³-hybridized carbons (Fsp3) is 0.391. The van der Waals surface area contributed by atoms with E-state index in [1.165, 1.54) is 27.6 Å². The van der Waals surface area contributed by atoms with Gasteiger partial charge in [0.05, 0.1) is 6.10 Å². The van der Waals surface area contributed by atoms with E-state index >= 15 is 0 Å². The predicted octanol–water partition coefficient (Wildman–Crippen LogP) is 4.90. The average molecular weight is 351 g/mol. The van der Waals surface area contributed by atoms with Crippen LogP contribution in [0.15, 0.2) is 54.7 Å². The van der Waals surface area contributed by atoms with Crippen molar-refractivity contribution in [1.29, 1.82) is 0 Å². The molecule has 138 valence electrons. The number of aryl methyl sites for hydroxylation is 1. The molecule has 0 aliphatic carbocycles. The van der Waals surface area contributed by atoms with Crippen molar-refractivity contribution >= 4 is 10.9 Å². The van der Waals surface area contributed by atoms with Crippen LogP contribution in [0, 0.1) is 6.92 Å². The number of nitrogens with one attached hydrogen (secondary N) is 1. The summed E-state index contributed by atoms with van der Waals surface area (Å²) in [7, 11) is 0. The summed E-state index contributed by atoms with van der Waals surface area (Å²) in [6.07, 6.45) is 3.65. The van der Waals surface area contributed by atoms with Gasteiger partial charge in [-0.2, -0.15) is 0 Å². The van der Waals surface area contributed by atoms with Crippen LogP contribution in [0.5, 0.6) is 0 Å². The zero-order chi connectivity index (χ0) is 18.4. The molecule has 0 aliphatic heterocycles. The second-order valence-electron chi connectivity index (χ2n) is 7.23. The van der Waals surface area contributed by atoms with Gasteiger partial charge < -0.3 is 14.6 Å². The van der Waals surface area contributed by atoms with E-state index < -0.39 is 0 Å². The van der Waals surface area contributed by atoms with Crippen LogP contribution in [0.1, 0.15) is 37.0 Å². The molecule has 3 nitrogen and oxygen atoms in total. The maximum atomic E-state index is 5.60. The van der Waals surface area contributed by atoms with Crippen LogP contribution in [0.3, 0.4) is 0 Å². The average Bonchev–Trinajstić information content (AvgIpc) is 2.98. The highest BCUT2D eigenvalue weighted by Gasteiger charge is 2.08. The van der Waals surface area contributed by atoms with Gasteiger partial charge in [0.2, 0.25) is 0 Å². The maximum Gasteiger partial charge on any atom is 0.0518 e. The summed E-state index contributed by atoms with van der Waals surface area (Å²) in [6.45, 7) is 9.88. The van der Waals surface area contributed by atoms with E-state index in [0.717, 1.165) is 32.7 Å². The van der Waals surface area contributed by atoms with Crippen molar-refractivity contribution in [2.24, 2.45) is 0 Å². The Morgan fingerprint density at radius 1 is 1.04 bits per heavy atom. The van der Waals surface area contributed by atoms with Crippen molar-refractivity contribution < 1.29 is 4.74 Å². The third-order valence-corrected chi connectivity index (χ3v) is 4.61. The molecule has 0 amide bonds. The van der Waals surface area contributed by atoms with E-state index in [4.69, 9.17) is 4.74 Å². The summed E-state index contributed by atoms with van der Waals surface area (Å²) in [4.78, 5) is 0. The molecule has 3 rings (SSSR count). The SMILES string of the molecule is Cc1ccc(Cn2cc(CNCCCOC(C)C)c3ccccc32)cc1. The van der Waals surface area contributed by atoms with Crippen molar-refractivity contribution in [1.82, 2.24) is 9.88 Å². The van der Waals surface area contributed by atoms with Crippen molar-refractivity contribution in [3.8, 4) is 0 Å². The first-order valence-electron chi connectivity index (χ1n) is 9.58. The number of rotatable bonds is 9. The molecule has 0 saturated carbocycles. The topological polar surface area (TPSA) is 26.2 Å². The summed E-state index contributed by atoms with van der Waals surface area (Å²) in [6, 6.07) is 17.5. The number of fused-ring (bicyclic) bond motifs is 1. The molecule has 0 spiro atoms. The van der Waals surface area contributed by atoms with E-state index in [1.807, 2.05) is 0 Å². The molecule has 3 heteroatoms. The third kappa shape index (κ3) is 4.96. The summed E-state index contributed by atoms with van der Waals surface area (Å²) in [5.41, 5.74) is 5.30. The van der Waals surface area contributed by atoms with E-state index in [9.17, 15) is 0 Å². The molecule has 0 aliphatic rings. The Morgan fingerprint density at radius 3 is 2.58 bits per heavy atom. The first-order chi connectivity index (χ1) is 12.6. The summed E-state index contributed by atoms with van der Waals surface area (Å²) >= 11 is 0. The van der Waals surface area contributed by atoms with Crippen molar-refractivity contribution in [3.63, 3.8) is 0 Å². The minimum atomic E-state index is 0.315. The highest BCUT2D eigenvalue weighted by Crippen LogP contribution is 2.22. The number of nitrogens with zero attached hydrogens (tertiary/aromatic N) is 1. The first-order valence-corrected chi connectivity index (χ1v) is 9.58. The summed E-state index contributed by atoms with van der Waals surface area (Å²) < 4.78 is 7.96.